The van der Waals surface area contributed by atoms with Crippen LogP contribution in [0.1, 0.15) is 65.9 Å². The van der Waals surface area contributed by atoms with Crippen molar-refractivity contribution in [1.29, 1.82) is 0 Å². The van der Waals surface area contributed by atoms with E-state index in [1.54, 1.807) is 4.90 Å². The van der Waals surface area contributed by atoms with E-state index in [0.29, 0.717) is 31.8 Å². The van der Waals surface area contributed by atoms with Crippen LogP contribution >= 0.6 is 0 Å². The van der Waals surface area contributed by atoms with Crippen LogP contribution in [0.15, 0.2) is 54.6 Å². The van der Waals surface area contributed by atoms with Crippen LogP contribution in [0, 0.1) is 5.92 Å². The number of benzene rings is 2. The number of nitrogens with zero attached hydrogens (tertiary/aromatic N) is 1. The Labute approximate surface area is 192 Å². The van der Waals surface area contributed by atoms with Crippen LogP contribution in [0.3, 0.4) is 0 Å². The Hall–Kier alpha value is -2.83. The number of carbonyl (C=O) groups excluding carboxylic acids is 2. The fourth-order valence-corrected chi connectivity index (χ4v) is 4.94. The Bertz CT molecular complexity index is 944. The van der Waals surface area contributed by atoms with Gasteiger partial charge in [-0.3, -0.25) is 9.59 Å². The van der Waals surface area contributed by atoms with Crippen molar-refractivity contribution in [2.24, 2.45) is 5.92 Å². The number of piperidine rings is 1. The van der Waals surface area contributed by atoms with E-state index in [9.17, 15) is 22.8 Å². The summed E-state index contributed by atoms with van der Waals surface area (Å²) in [5, 5.41) is 3.21. The molecule has 1 saturated carbocycles. The molecule has 2 amide bonds. The molecule has 0 radical (unpaired) electrons. The van der Waals surface area contributed by atoms with Gasteiger partial charge in [0, 0.05) is 30.6 Å². The zero-order valence-electron chi connectivity index (χ0n) is 18.5. The third-order valence-electron chi connectivity index (χ3n) is 6.96. The summed E-state index contributed by atoms with van der Waals surface area (Å²) in [6, 6.07) is 15.0. The lowest BCUT2D eigenvalue weighted by Gasteiger charge is -2.34. The first-order valence-electron chi connectivity index (χ1n) is 11.6. The van der Waals surface area contributed by atoms with Gasteiger partial charge in [0.1, 0.15) is 0 Å². The predicted octanol–water partition coefficient (Wildman–Crippen LogP) is 5.40. The maximum absolute atomic E-state index is 12.8. The predicted molar refractivity (Wildman–Crippen MR) is 120 cm³/mol. The molecule has 1 N–H and O–H groups in total. The molecule has 33 heavy (non-hydrogen) atoms. The second-order valence-electron chi connectivity index (χ2n) is 9.11. The van der Waals surface area contributed by atoms with E-state index < -0.39 is 11.7 Å². The third-order valence-corrected chi connectivity index (χ3v) is 6.96. The molecule has 2 aliphatic rings. The molecule has 1 heterocycles. The van der Waals surface area contributed by atoms with E-state index in [0.717, 1.165) is 37.8 Å². The van der Waals surface area contributed by atoms with Gasteiger partial charge in [-0.15, -0.1) is 0 Å². The Morgan fingerprint density at radius 2 is 1.42 bits per heavy atom. The molecular formula is C26H29F3N2O2. The molecule has 0 bridgehead atoms. The van der Waals surface area contributed by atoms with Gasteiger partial charge in [0.25, 0.3) is 5.91 Å². The molecule has 1 saturated heterocycles. The average Bonchev–Trinajstić information content (AvgIpc) is 2.84. The Morgan fingerprint density at radius 3 is 2.00 bits per heavy atom. The maximum Gasteiger partial charge on any atom is 0.416 e. The monoisotopic (exact) mass is 458 g/mol. The Morgan fingerprint density at radius 1 is 0.818 bits per heavy atom. The van der Waals surface area contributed by atoms with Gasteiger partial charge < -0.3 is 10.2 Å². The van der Waals surface area contributed by atoms with E-state index in [1.807, 2.05) is 6.07 Å². The zero-order valence-corrected chi connectivity index (χ0v) is 18.5. The topological polar surface area (TPSA) is 49.4 Å². The van der Waals surface area contributed by atoms with Crippen LogP contribution in [0.4, 0.5) is 13.2 Å². The molecule has 2 fully saturated rings. The summed E-state index contributed by atoms with van der Waals surface area (Å²) in [4.78, 5) is 27.0. The van der Waals surface area contributed by atoms with Crippen LogP contribution < -0.4 is 5.32 Å². The molecule has 176 valence electrons. The van der Waals surface area contributed by atoms with Crippen molar-refractivity contribution in [3.8, 4) is 0 Å². The van der Waals surface area contributed by atoms with Gasteiger partial charge in [-0.05, 0) is 74.3 Å². The highest BCUT2D eigenvalue weighted by Crippen LogP contribution is 2.33. The van der Waals surface area contributed by atoms with Gasteiger partial charge in [0.2, 0.25) is 5.91 Å². The first-order valence-corrected chi connectivity index (χ1v) is 11.6. The quantitative estimate of drug-likeness (QED) is 0.667. The van der Waals surface area contributed by atoms with Crippen LogP contribution in [-0.4, -0.2) is 35.8 Å². The maximum atomic E-state index is 12.8. The minimum Gasteiger partial charge on any atom is -0.353 e. The summed E-state index contributed by atoms with van der Waals surface area (Å²) in [7, 11) is 0. The van der Waals surface area contributed by atoms with Crippen molar-refractivity contribution in [2.75, 3.05) is 13.1 Å². The second-order valence-corrected chi connectivity index (χ2v) is 9.11. The average molecular weight is 459 g/mol. The lowest BCUT2D eigenvalue weighted by atomic mass is 9.81. The van der Waals surface area contributed by atoms with Gasteiger partial charge in [0.05, 0.1) is 5.56 Å². The molecule has 4 rings (SSSR count). The first-order chi connectivity index (χ1) is 15.8. The van der Waals surface area contributed by atoms with E-state index in [-0.39, 0.29) is 29.3 Å². The largest absolute Gasteiger partial charge is 0.416 e. The van der Waals surface area contributed by atoms with E-state index in [4.69, 9.17) is 0 Å². The third kappa shape index (κ3) is 5.75. The molecule has 0 aromatic heterocycles. The molecular weight excluding hydrogens is 429 g/mol. The summed E-state index contributed by atoms with van der Waals surface area (Å²) >= 11 is 0. The number of rotatable bonds is 4. The summed E-state index contributed by atoms with van der Waals surface area (Å²) in [6.07, 6.45) is 0.778. The molecule has 2 aromatic carbocycles. The van der Waals surface area contributed by atoms with Crippen molar-refractivity contribution in [3.05, 3.63) is 71.3 Å². The van der Waals surface area contributed by atoms with Crippen molar-refractivity contribution in [1.82, 2.24) is 10.2 Å². The molecule has 1 aliphatic heterocycles. The number of amides is 2. The van der Waals surface area contributed by atoms with Crippen molar-refractivity contribution in [2.45, 2.75) is 56.7 Å². The van der Waals surface area contributed by atoms with Gasteiger partial charge in [-0.25, -0.2) is 0 Å². The molecule has 4 nitrogen and oxygen atoms in total. The van der Waals surface area contributed by atoms with Crippen LogP contribution in [-0.2, 0) is 11.0 Å². The van der Waals surface area contributed by atoms with Gasteiger partial charge >= 0.3 is 6.18 Å². The Kier molecular flexibility index (Phi) is 7.05. The van der Waals surface area contributed by atoms with Crippen molar-refractivity contribution < 1.29 is 22.8 Å². The number of carbonyl (C=O) groups is 2. The van der Waals surface area contributed by atoms with E-state index in [1.165, 1.54) is 17.7 Å². The number of alkyl halides is 3. The summed E-state index contributed by atoms with van der Waals surface area (Å²) < 4.78 is 38.2. The van der Waals surface area contributed by atoms with Gasteiger partial charge in [0.15, 0.2) is 0 Å². The van der Waals surface area contributed by atoms with Crippen molar-refractivity contribution >= 4 is 11.8 Å². The highest BCUT2D eigenvalue weighted by molar-refractivity contribution is 5.94. The molecule has 1 aliphatic carbocycles. The fraction of sp³-hybridized carbons (Fsp3) is 0.462. The summed E-state index contributed by atoms with van der Waals surface area (Å²) in [5.74, 6) is 0.189. The molecule has 0 unspecified atom stereocenters. The van der Waals surface area contributed by atoms with E-state index in [2.05, 4.69) is 29.6 Å². The molecule has 7 heteroatoms. The molecule has 2 aromatic rings. The number of nitrogens with one attached hydrogen (secondary N) is 1. The Balaban J connectivity index is 1.23. The van der Waals surface area contributed by atoms with Gasteiger partial charge in [-0.1, -0.05) is 30.3 Å². The van der Waals surface area contributed by atoms with Crippen LogP contribution in [0.2, 0.25) is 0 Å². The zero-order chi connectivity index (χ0) is 23.4. The smallest absolute Gasteiger partial charge is 0.353 e. The normalized spacial score (nSPS) is 22.1. The highest BCUT2D eigenvalue weighted by Gasteiger charge is 2.32. The van der Waals surface area contributed by atoms with E-state index >= 15 is 0 Å². The second kappa shape index (κ2) is 9.98. The lowest BCUT2D eigenvalue weighted by molar-refractivity contribution is -0.137. The van der Waals surface area contributed by atoms with Crippen LogP contribution in [0.5, 0.6) is 0 Å². The minimum absolute atomic E-state index is 0.0554. The SMILES string of the molecule is O=C(NC1CCC(c2ccccc2)CC1)C1CCN(C(=O)c2ccc(C(F)(F)F)cc2)CC1. The first kappa shape index (κ1) is 23.3. The molecule has 0 spiro atoms. The fourth-order valence-electron chi connectivity index (χ4n) is 4.94. The van der Waals surface area contributed by atoms with Crippen molar-refractivity contribution in [3.63, 3.8) is 0 Å². The lowest BCUT2D eigenvalue weighted by Crippen LogP contribution is -2.46. The number of hydrogen-bond donors (Lipinski definition) is 1. The number of hydrogen-bond acceptors (Lipinski definition) is 2. The standard InChI is InChI=1S/C26H29F3N2O2/c27-26(28,29)22-10-6-21(7-11-22)25(33)31-16-14-20(15-17-31)24(32)30-23-12-8-19(9-13-23)18-4-2-1-3-5-18/h1-7,10-11,19-20,23H,8-9,12-17H2,(H,30,32). The highest BCUT2D eigenvalue weighted by atomic mass is 19.4. The summed E-state index contributed by atoms with van der Waals surface area (Å²) in [6.45, 7) is 0.859. The minimum atomic E-state index is -4.42. The number of likely N-dealkylation sites (tertiary alicyclic amines) is 1. The molecule has 0 atom stereocenters. The number of halogens is 3. The summed E-state index contributed by atoms with van der Waals surface area (Å²) in [5.41, 5.74) is 0.834. The van der Waals surface area contributed by atoms with Crippen LogP contribution in [0.25, 0.3) is 0 Å². The van der Waals surface area contributed by atoms with Gasteiger partial charge in [-0.2, -0.15) is 13.2 Å².